The van der Waals surface area contributed by atoms with E-state index in [9.17, 15) is 9.90 Å². The minimum atomic E-state index is -0.505. The summed E-state index contributed by atoms with van der Waals surface area (Å²) in [5.41, 5.74) is 1.64. The Morgan fingerprint density at radius 2 is 2.12 bits per heavy atom. The van der Waals surface area contributed by atoms with Crippen LogP contribution in [0.2, 0.25) is 0 Å². The van der Waals surface area contributed by atoms with Gasteiger partial charge in [0.05, 0.1) is 18.3 Å². The number of nitrogens with one attached hydrogen (secondary N) is 3. The first-order chi connectivity index (χ1) is 16.0. The van der Waals surface area contributed by atoms with Crippen LogP contribution in [-0.4, -0.2) is 47.5 Å². The fourth-order valence-corrected chi connectivity index (χ4v) is 3.60. The Labute approximate surface area is 185 Å². The van der Waals surface area contributed by atoms with E-state index in [1.54, 1.807) is 16.8 Å². The summed E-state index contributed by atoms with van der Waals surface area (Å²) in [5.74, 6) is 1.55. The lowest BCUT2D eigenvalue weighted by Gasteiger charge is -2.14. The Hall–Kier alpha value is -4.35. The topological polar surface area (TPSA) is 155 Å². The zero-order chi connectivity index (χ0) is 22.5. The van der Waals surface area contributed by atoms with Crippen molar-refractivity contribution in [3.05, 3.63) is 57.0 Å². The van der Waals surface area contributed by atoms with Gasteiger partial charge in [-0.1, -0.05) is 6.07 Å². The summed E-state index contributed by atoms with van der Waals surface area (Å²) in [6.07, 6.45) is 5.21. The highest BCUT2D eigenvalue weighted by Crippen LogP contribution is 2.34. The number of hydrogen-bond acceptors (Lipinski definition) is 9. The number of fused-ring (bicyclic) bond motifs is 2. The molecule has 4 aromatic rings. The van der Waals surface area contributed by atoms with Crippen molar-refractivity contribution in [2.75, 3.05) is 12.1 Å². The Balaban J connectivity index is 1.42. The zero-order valence-corrected chi connectivity index (χ0v) is 17.6. The number of imidazole rings is 1. The molecule has 0 bridgehead atoms. The second-order valence-corrected chi connectivity index (χ2v) is 8.01. The molecule has 0 amide bonds. The van der Waals surface area contributed by atoms with Crippen LogP contribution in [0.25, 0.3) is 11.7 Å². The first-order valence-electron chi connectivity index (χ1n) is 10.5. The van der Waals surface area contributed by atoms with Gasteiger partial charge in [0, 0.05) is 5.22 Å². The van der Waals surface area contributed by atoms with Crippen molar-refractivity contribution in [2.45, 2.75) is 31.8 Å². The standard InChI is InChI=1S/C21H20N8O4/c1-10(11-2-5-15-16(7-11)33-9-32-15)23-19-26-17-12(6-14-18(30)27-21(31)25-14)8-22-29(17)20(28-19)24-13-3-4-13/h2,5-8,10,13,30H,3-4,9H2,1H3,(H,23,24,28)(H2,25,27,31). The largest absolute Gasteiger partial charge is 0.493 e. The van der Waals surface area contributed by atoms with Crippen molar-refractivity contribution in [1.82, 2.24) is 29.5 Å². The summed E-state index contributed by atoms with van der Waals surface area (Å²) < 4.78 is 12.4. The number of benzene rings is 1. The number of aromatic hydroxyl groups is 1. The Morgan fingerprint density at radius 1 is 1.27 bits per heavy atom. The third-order valence-electron chi connectivity index (χ3n) is 5.50. The minimum absolute atomic E-state index is 0.129. The van der Waals surface area contributed by atoms with Crippen molar-refractivity contribution < 1.29 is 14.6 Å². The summed E-state index contributed by atoms with van der Waals surface area (Å²) in [4.78, 5) is 30.2. The maximum absolute atomic E-state index is 11.5. The van der Waals surface area contributed by atoms with E-state index in [2.05, 4.69) is 35.3 Å². The molecule has 168 valence electrons. The average molecular weight is 448 g/mol. The van der Waals surface area contributed by atoms with Gasteiger partial charge in [-0.3, -0.25) is 4.98 Å². The van der Waals surface area contributed by atoms with Gasteiger partial charge in [0.1, 0.15) is 5.69 Å². The van der Waals surface area contributed by atoms with Crippen molar-refractivity contribution in [1.29, 1.82) is 0 Å². The highest BCUT2D eigenvalue weighted by atomic mass is 16.7. The highest BCUT2D eigenvalue weighted by Gasteiger charge is 2.21. The molecule has 4 heterocycles. The second kappa shape index (κ2) is 7.36. The number of aromatic amines is 2. The molecule has 1 aliphatic heterocycles. The molecule has 0 radical (unpaired) electrons. The van der Waals surface area contributed by atoms with E-state index in [0.717, 1.165) is 24.2 Å². The van der Waals surface area contributed by atoms with E-state index in [0.29, 0.717) is 28.2 Å². The highest BCUT2D eigenvalue weighted by molar-refractivity contribution is 5.57. The average Bonchev–Trinajstić information content (AvgIpc) is 3.18. The minimum Gasteiger partial charge on any atom is -0.493 e. The van der Waals surface area contributed by atoms with Crippen molar-refractivity contribution in [3.8, 4) is 17.4 Å². The molecule has 1 unspecified atom stereocenters. The summed E-state index contributed by atoms with van der Waals surface area (Å²) in [6, 6.07) is 5.86. The van der Waals surface area contributed by atoms with E-state index < -0.39 is 5.69 Å². The van der Waals surface area contributed by atoms with Gasteiger partial charge in [0.2, 0.25) is 18.6 Å². The number of aromatic nitrogens is 6. The van der Waals surface area contributed by atoms with Crippen LogP contribution < -0.4 is 31.3 Å². The summed E-state index contributed by atoms with van der Waals surface area (Å²) in [5, 5.41) is 18.2. The van der Waals surface area contributed by atoms with E-state index in [-0.39, 0.29) is 30.5 Å². The lowest BCUT2D eigenvalue weighted by atomic mass is 10.1. The van der Waals surface area contributed by atoms with Crippen molar-refractivity contribution >= 4 is 17.7 Å². The molecule has 4 N–H and O–H groups in total. The maximum atomic E-state index is 11.5. The van der Waals surface area contributed by atoms with E-state index in [1.807, 2.05) is 25.1 Å². The van der Waals surface area contributed by atoms with Crippen LogP contribution in [0.5, 0.6) is 17.4 Å². The van der Waals surface area contributed by atoms with Crippen LogP contribution in [-0.2, 0) is 0 Å². The Morgan fingerprint density at radius 3 is 2.91 bits per heavy atom. The summed E-state index contributed by atoms with van der Waals surface area (Å²) >= 11 is 0. The third-order valence-corrected chi connectivity index (χ3v) is 5.50. The molecule has 6 rings (SSSR count). The molecule has 1 aliphatic carbocycles. The number of hydrogen-bond donors (Lipinski definition) is 4. The van der Waals surface area contributed by atoms with Gasteiger partial charge in [0.15, 0.2) is 17.1 Å². The van der Waals surface area contributed by atoms with Crippen LogP contribution >= 0.6 is 0 Å². The normalized spacial score (nSPS) is 17.1. The third kappa shape index (κ3) is 3.64. The van der Waals surface area contributed by atoms with Gasteiger partial charge in [-0.15, -0.1) is 0 Å². The number of ether oxygens (including phenoxy) is 2. The van der Waals surface area contributed by atoms with Crippen molar-refractivity contribution in [3.63, 3.8) is 0 Å². The summed E-state index contributed by atoms with van der Waals surface area (Å²) in [7, 11) is 0. The van der Waals surface area contributed by atoms with Gasteiger partial charge < -0.3 is 24.9 Å². The quantitative estimate of drug-likeness (QED) is 0.341. The second-order valence-electron chi connectivity index (χ2n) is 8.01. The molecule has 2 aliphatic rings. The molecule has 1 saturated carbocycles. The first-order valence-corrected chi connectivity index (χ1v) is 10.5. The van der Waals surface area contributed by atoms with Gasteiger partial charge >= 0.3 is 5.69 Å². The smallest absolute Gasteiger partial charge is 0.326 e. The predicted octanol–water partition coefficient (Wildman–Crippen LogP) is 0.359. The molecular weight excluding hydrogens is 428 g/mol. The van der Waals surface area contributed by atoms with Crippen LogP contribution in [0.3, 0.4) is 0 Å². The van der Waals surface area contributed by atoms with Gasteiger partial charge in [-0.25, -0.2) is 9.79 Å². The lowest BCUT2D eigenvalue weighted by molar-refractivity contribution is 0.174. The SMILES string of the molecule is CC(Nc1nc(=NC2CC2)n2ncc(=Cc3[nH]c(=O)[nH]c3O)c2n1)c1ccc2c(c1)OCO2. The first kappa shape index (κ1) is 19.3. The lowest BCUT2D eigenvalue weighted by Crippen LogP contribution is -2.25. The molecule has 1 aromatic carbocycles. The molecule has 1 atom stereocenters. The van der Waals surface area contributed by atoms with Crippen LogP contribution in [0.1, 0.15) is 37.1 Å². The summed E-state index contributed by atoms with van der Waals surface area (Å²) in [6.45, 7) is 2.21. The van der Waals surface area contributed by atoms with E-state index in [4.69, 9.17) is 9.47 Å². The maximum Gasteiger partial charge on any atom is 0.326 e. The van der Waals surface area contributed by atoms with Gasteiger partial charge in [-0.2, -0.15) is 19.6 Å². The molecule has 33 heavy (non-hydrogen) atoms. The predicted molar refractivity (Wildman–Crippen MR) is 116 cm³/mol. The number of anilines is 1. The van der Waals surface area contributed by atoms with Crippen LogP contribution in [0, 0.1) is 0 Å². The fourth-order valence-electron chi connectivity index (χ4n) is 3.60. The number of H-pyrrole nitrogens is 2. The zero-order valence-electron chi connectivity index (χ0n) is 17.6. The molecule has 12 heteroatoms. The fraction of sp³-hybridized carbons (Fsp3) is 0.286. The van der Waals surface area contributed by atoms with Crippen LogP contribution in [0.15, 0.2) is 34.2 Å². The van der Waals surface area contributed by atoms with Gasteiger partial charge in [-0.05, 0) is 43.5 Å². The van der Waals surface area contributed by atoms with E-state index >= 15 is 0 Å². The number of rotatable bonds is 5. The van der Waals surface area contributed by atoms with Crippen LogP contribution in [0.4, 0.5) is 5.95 Å². The molecular formula is C21H20N8O4. The van der Waals surface area contributed by atoms with Gasteiger partial charge in [0.25, 0.3) is 5.62 Å². The molecule has 12 nitrogen and oxygen atoms in total. The molecule has 3 aromatic heterocycles. The molecule has 0 saturated heterocycles. The number of nitrogens with zero attached hydrogens (tertiary/aromatic N) is 5. The monoisotopic (exact) mass is 448 g/mol. The molecule has 1 fully saturated rings. The molecule has 0 spiro atoms. The van der Waals surface area contributed by atoms with Crippen molar-refractivity contribution in [2.24, 2.45) is 4.99 Å². The Kier molecular flexibility index (Phi) is 4.31. The van der Waals surface area contributed by atoms with E-state index in [1.165, 1.54) is 0 Å². The Bertz CT molecular complexity index is 1550.